The van der Waals surface area contributed by atoms with E-state index in [9.17, 15) is 13.6 Å². The van der Waals surface area contributed by atoms with Crippen molar-refractivity contribution in [3.63, 3.8) is 0 Å². The number of fused-ring (bicyclic) bond motifs is 1. The molecular weight excluding hydrogens is 483 g/mol. The van der Waals surface area contributed by atoms with Crippen LogP contribution in [0.15, 0.2) is 24.3 Å². The number of aromatic nitrogens is 1. The second-order valence-corrected chi connectivity index (χ2v) is 8.90. The van der Waals surface area contributed by atoms with Crippen LogP contribution in [0.4, 0.5) is 18.7 Å². The van der Waals surface area contributed by atoms with Crippen LogP contribution >= 0.6 is 34.5 Å². The molecule has 0 aliphatic carbocycles. The number of carbonyl (C=O) groups is 1. The van der Waals surface area contributed by atoms with Gasteiger partial charge in [0.2, 0.25) is 0 Å². The summed E-state index contributed by atoms with van der Waals surface area (Å²) >= 11 is 13.3. The number of rotatable bonds is 8. The van der Waals surface area contributed by atoms with Crippen LogP contribution in [0.3, 0.4) is 0 Å². The van der Waals surface area contributed by atoms with Gasteiger partial charge < -0.3 is 14.8 Å². The lowest BCUT2D eigenvalue weighted by Gasteiger charge is -2.18. The number of urea groups is 1. The van der Waals surface area contributed by atoms with Crippen LogP contribution in [0, 0.1) is 11.6 Å². The molecule has 0 aliphatic heterocycles. The van der Waals surface area contributed by atoms with Gasteiger partial charge in [0, 0.05) is 29.3 Å². The fourth-order valence-electron chi connectivity index (χ4n) is 2.84. The molecule has 1 heterocycles. The van der Waals surface area contributed by atoms with Crippen molar-refractivity contribution in [1.82, 2.24) is 10.3 Å². The minimum absolute atomic E-state index is 0.0751. The van der Waals surface area contributed by atoms with Crippen LogP contribution in [0.1, 0.15) is 32.4 Å². The van der Waals surface area contributed by atoms with Crippen molar-refractivity contribution in [3.8, 4) is 5.75 Å². The van der Waals surface area contributed by atoms with E-state index in [4.69, 9.17) is 32.7 Å². The summed E-state index contributed by atoms with van der Waals surface area (Å²) in [4.78, 5) is 16.2. The minimum atomic E-state index is -0.818. The van der Waals surface area contributed by atoms with E-state index in [2.05, 4.69) is 15.6 Å². The van der Waals surface area contributed by atoms with Crippen LogP contribution in [0.5, 0.6) is 5.75 Å². The van der Waals surface area contributed by atoms with Gasteiger partial charge in [-0.05, 0) is 32.9 Å². The Labute approximate surface area is 197 Å². The number of nitrogens with one attached hydrogen (secondary N) is 2. The Morgan fingerprint density at radius 2 is 1.94 bits per heavy atom. The van der Waals surface area contributed by atoms with Gasteiger partial charge in [-0.2, -0.15) is 0 Å². The van der Waals surface area contributed by atoms with E-state index < -0.39 is 23.8 Å². The van der Waals surface area contributed by atoms with E-state index in [0.29, 0.717) is 28.5 Å². The number of ether oxygens (including phenoxy) is 2. The van der Waals surface area contributed by atoms with E-state index in [1.54, 1.807) is 6.92 Å². The Kier molecular flexibility index (Phi) is 8.10. The molecule has 32 heavy (non-hydrogen) atoms. The number of benzene rings is 2. The molecule has 0 spiro atoms. The monoisotopic (exact) mass is 503 g/mol. The van der Waals surface area contributed by atoms with Crippen LogP contribution in [0.25, 0.3) is 10.2 Å². The minimum Gasteiger partial charge on any atom is -0.483 e. The van der Waals surface area contributed by atoms with Gasteiger partial charge in [0.15, 0.2) is 16.7 Å². The predicted octanol–water partition coefficient (Wildman–Crippen LogP) is 6.57. The number of amides is 2. The topological polar surface area (TPSA) is 72.5 Å². The Hall–Kier alpha value is -2.20. The third-order valence-electron chi connectivity index (χ3n) is 4.29. The van der Waals surface area contributed by atoms with Crippen molar-refractivity contribution in [3.05, 3.63) is 51.5 Å². The van der Waals surface area contributed by atoms with Crippen molar-refractivity contribution in [2.24, 2.45) is 0 Å². The average molecular weight is 504 g/mol. The number of halogens is 4. The van der Waals surface area contributed by atoms with E-state index in [0.717, 1.165) is 17.4 Å². The molecule has 0 bridgehead atoms. The molecule has 6 nitrogen and oxygen atoms in total. The Morgan fingerprint density at radius 3 is 2.66 bits per heavy atom. The number of nitrogens with zero attached hydrogens (tertiary/aromatic N) is 1. The van der Waals surface area contributed by atoms with E-state index in [1.807, 2.05) is 13.8 Å². The van der Waals surface area contributed by atoms with Gasteiger partial charge in [0.1, 0.15) is 11.9 Å². The third-order valence-corrected chi connectivity index (χ3v) is 5.94. The second-order valence-electron chi connectivity index (χ2n) is 7.09. The summed E-state index contributed by atoms with van der Waals surface area (Å²) in [6.07, 6.45) is -0.742. The molecule has 0 saturated carbocycles. The summed E-state index contributed by atoms with van der Waals surface area (Å²) in [5.74, 6) is -1.39. The molecule has 2 aromatic carbocycles. The third kappa shape index (κ3) is 5.98. The summed E-state index contributed by atoms with van der Waals surface area (Å²) in [6.45, 7) is 6.11. The smallest absolute Gasteiger partial charge is 0.321 e. The van der Waals surface area contributed by atoms with E-state index in [-0.39, 0.29) is 27.5 Å². The molecule has 0 radical (unpaired) electrons. The lowest BCUT2D eigenvalue weighted by atomic mass is 10.1. The Balaban J connectivity index is 1.72. The van der Waals surface area contributed by atoms with Gasteiger partial charge in [-0.1, -0.05) is 34.5 Å². The first-order chi connectivity index (χ1) is 15.2. The SMILES string of the molecule is CC(C)OCCNC(=O)Nc1nc2cc(F)c(OC(C)c3c(Cl)ccc(F)c3Cl)cc2s1. The highest BCUT2D eigenvalue weighted by molar-refractivity contribution is 7.22. The molecule has 3 aromatic rings. The molecule has 11 heteroatoms. The first-order valence-electron chi connectivity index (χ1n) is 9.72. The molecule has 0 aliphatic rings. The van der Waals surface area contributed by atoms with E-state index >= 15 is 0 Å². The molecule has 2 N–H and O–H groups in total. The highest BCUT2D eigenvalue weighted by Gasteiger charge is 2.21. The fourth-order valence-corrected chi connectivity index (χ4v) is 4.39. The van der Waals surface area contributed by atoms with Gasteiger partial charge in [-0.15, -0.1) is 0 Å². The van der Waals surface area contributed by atoms with E-state index in [1.165, 1.54) is 18.2 Å². The zero-order valence-corrected chi connectivity index (χ0v) is 19.8. The van der Waals surface area contributed by atoms with Gasteiger partial charge in [0.25, 0.3) is 0 Å². The largest absolute Gasteiger partial charge is 0.483 e. The highest BCUT2D eigenvalue weighted by atomic mass is 35.5. The number of carbonyl (C=O) groups excluding carboxylic acids is 1. The number of hydrogen-bond donors (Lipinski definition) is 2. The zero-order valence-electron chi connectivity index (χ0n) is 17.5. The Morgan fingerprint density at radius 1 is 1.19 bits per heavy atom. The van der Waals surface area contributed by atoms with Crippen LogP contribution in [0.2, 0.25) is 10.0 Å². The molecule has 0 fully saturated rings. The van der Waals surface area contributed by atoms with Crippen LogP contribution in [-0.4, -0.2) is 30.3 Å². The number of anilines is 1. The summed E-state index contributed by atoms with van der Waals surface area (Å²) in [5.41, 5.74) is 0.574. The maximum absolute atomic E-state index is 14.6. The van der Waals surface area contributed by atoms with Crippen molar-refractivity contribution in [1.29, 1.82) is 0 Å². The Bertz CT molecular complexity index is 1130. The van der Waals surface area contributed by atoms with Crippen LogP contribution < -0.4 is 15.4 Å². The molecule has 1 aromatic heterocycles. The second kappa shape index (κ2) is 10.6. The first kappa shape index (κ1) is 24.4. The number of thiazole rings is 1. The van der Waals surface area contributed by atoms with Crippen molar-refractivity contribution < 1.29 is 23.0 Å². The zero-order chi connectivity index (χ0) is 23.4. The molecule has 1 atom stereocenters. The lowest BCUT2D eigenvalue weighted by molar-refractivity contribution is 0.0820. The highest BCUT2D eigenvalue weighted by Crippen LogP contribution is 2.37. The summed E-state index contributed by atoms with van der Waals surface area (Å²) in [5, 5.41) is 5.58. The molecule has 0 saturated heterocycles. The van der Waals surface area contributed by atoms with Gasteiger partial charge in [0.05, 0.1) is 28.0 Å². The summed E-state index contributed by atoms with van der Waals surface area (Å²) in [7, 11) is 0. The van der Waals surface area contributed by atoms with Gasteiger partial charge in [-0.3, -0.25) is 5.32 Å². The quantitative estimate of drug-likeness (QED) is 0.269. The molecule has 2 amide bonds. The van der Waals surface area contributed by atoms with Crippen LogP contribution in [-0.2, 0) is 4.74 Å². The lowest BCUT2D eigenvalue weighted by Crippen LogP contribution is -2.32. The summed E-state index contributed by atoms with van der Waals surface area (Å²) < 4.78 is 40.0. The predicted molar refractivity (Wildman–Crippen MR) is 123 cm³/mol. The average Bonchev–Trinajstić information content (AvgIpc) is 3.09. The fraction of sp³-hybridized carbons (Fsp3) is 0.333. The van der Waals surface area contributed by atoms with Crippen molar-refractivity contribution in [2.75, 3.05) is 18.5 Å². The summed E-state index contributed by atoms with van der Waals surface area (Å²) in [6, 6.07) is 4.71. The van der Waals surface area contributed by atoms with Gasteiger partial charge >= 0.3 is 6.03 Å². The molecule has 172 valence electrons. The molecule has 1 unspecified atom stereocenters. The van der Waals surface area contributed by atoms with Gasteiger partial charge in [-0.25, -0.2) is 18.6 Å². The normalized spacial score (nSPS) is 12.2. The molecule has 3 rings (SSSR count). The maximum Gasteiger partial charge on any atom is 0.321 e. The number of hydrogen-bond acceptors (Lipinski definition) is 5. The van der Waals surface area contributed by atoms with Crippen molar-refractivity contribution >= 4 is 55.9 Å². The molecular formula is C21H21Cl2F2N3O3S. The van der Waals surface area contributed by atoms with Crippen molar-refractivity contribution in [2.45, 2.75) is 33.0 Å². The maximum atomic E-state index is 14.6. The standard InChI is InChI=1S/C21H21Cl2F2N3O3S/c1-10(2)30-7-6-26-20(29)28-21-27-15-8-14(25)16(9-17(15)32-21)31-11(3)18-12(22)4-5-13(24)19(18)23/h4-5,8-11H,6-7H2,1-3H3,(H2,26,27,28,29). The first-order valence-corrected chi connectivity index (χ1v) is 11.3.